The standard InChI is InChI=1S/C12H14BrFN8O/c13-7-5-6(1-2-8(7)14)20-10(15)9-11(22-23-21-9)18-3-4-19-12(16)17/h1-2,5H,3-4H2,(H2,15,20)(H,18,22)(H4,16,17,19). The van der Waals surface area contributed by atoms with Crippen molar-refractivity contribution in [3.05, 3.63) is 34.2 Å². The first-order chi connectivity index (χ1) is 11.0. The van der Waals surface area contributed by atoms with Crippen molar-refractivity contribution in [2.45, 2.75) is 0 Å². The topological polar surface area (TPSA) is 154 Å². The number of aliphatic imine (C=N–C) groups is 2. The summed E-state index contributed by atoms with van der Waals surface area (Å²) in [4.78, 5) is 7.96. The number of halogens is 2. The summed E-state index contributed by atoms with van der Waals surface area (Å²) >= 11 is 3.08. The molecule has 0 radical (unpaired) electrons. The third-order valence-electron chi connectivity index (χ3n) is 2.58. The highest BCUT2D eigenvalue weighted by atomic mass is 79.9. The molecule has 23 heavy (non-hydrogen) atoms. The van der Waals surface area contributed by atoms with Crippen LogP contribution in [0.15, 0.2) is 37.3 Å². The molecule has 2 rings (SSSR count). The van der Waals surface area contributed by atoms with Gasteiger partial charge in [0, 0.05) is 6.54 Å². The van der Waals surface area contributed by atoms with Crippen LogP contribution in [-0.2, 0) is 0 Å². The molecule has 0 bridgehead atoms. The fourth-order valence-corrected chi connectivity index (χ4v) is 1.95. The minimum Gasteiger partial charge on any atom is -0.382 e. The van der Waals surface area contributed by atoms with Crippen molar-refractivity contribution in [2.24, 2.45) is 27.2 Å². The molecule has 1 aromatic carbocycles. The zero-order valence-corrected chi connectivity index (χ0v) is 13.4. The lowest BCUT2D eigenvalue weighted by Crippen LogP contribution is -2.24. The van der Waals surface area contributed by atoms with Crippen LogP contribution in [-0.4, -0.2) is 35.2 Å². The summed E-state index contributed by atoms with van der Waals surface area (Å²) in [6.07, 6.45) is 0. The minimum atomic E-state index is -0.396. The predicted molar refractivity (Wildman–Crippen MR) is 87.9 cm³/mol. The molecule has 0 amide bonds. The van der Waals surface area contributed by atoms with Crippen LogP contribution < -0.4 is 22.5 Å². The van der Waals surface area contributed by atoms with Crippen molar-refractivity contribution in [3.8, 4) is 0 Å². The lowest BCUT2D eigenvalue weighted by molar-refractivity contribution is 0.308. The average Bonchev–Trinajstić information content (AvgIpc) is 2.96. The second-order valence-corrected chi connectivity index (χ2v) is 5.14. The Morgan fingerprint density at radius 3 is 2.78 bits per heavy atom. The Kier molecular flexibility index (Phi) is 5.46. The molecule has 11 heteroatoms. The van der Waals surface area contributed by atoms with E-state index in [1.54, 1.807) is 0 Å². The van der Waals surface area contributed by atoms with E-state index in [1.807, 2.05) is 0 Å². The highest BCUT2D eigenvalue weighted by molar-refractivity contribution is 9.10. The molecule has 2 aromatic rings. The predicted octanol–water partition coefficient (Wildman–Crippen LogP) is 0.694. The van der Waals surface area contributed by atoms with Gasteiger partial charge >= 0.3 is 0 Å². The molecule has 0 atom stereocenters. The van der Waals surface area contributed by atoms with E-state index < -0.39 is 5.82 Å². The van der Waals surface area contributed by atoms with Crippen molar-refractivity contribution in [1.29, 1.82) is 0 Å². The van der Waals surface area contributed by atoms with Gasteiger partial charge in [-0.05, 0) is 44.4 Å². The van der Waals surface area contributed by atoms with Gasteiger partial charge in [0.05, 0.1) is 16.7 Å². The van der Waals surface area contributed by atoms with E-state index in [9.17, 15) is 4.39 Å². The van der Waals surface area contributed by atoms with Gasteiger partial charge in [0.25, 0.3) is 0 Å². The van der Waals surface area contributed by atoms with E-state index in [4.69, 9.17) is 17.2 Å². The van der Waals surface area contributed by atoms with Crippen molar-refractivity contribution in [2.75, 3.05) is 18.4 Å². The van der Waals surface area contributed by atoms with Gasteiger partial charge in [-0.1, -0.05) is 0 Å². The number of aromatic nitrogens is 2. The van der Waals surface area contributed by atoms with Gasteiger partial charge in [0.1, 0.15) is 5.82 Å². The van der Waals surface area contributed by atoms with Crippen molar-refractivity contribution in [3.63, 3.8) is 0 Å². The number of hydrogen-bond donors (Lipinski definition) is 4. The highest BCUT2D eigenvalue weighted by Gasteiger charge is 2.13. The van der Waals surface area contributed by atoms with Crippen LogP contribution in [0.3, 0.4) is 0 Å². The first-order valence-electron chi connectivity index (χ1n) is 6.38. The normalized spacial score (nSPS) is 11.3. The Labute approximate surface area is 138 Å². The average molecular weight is 385 g/mol. The Hall–Kier alpha value is -2.69. The maximum atomic E-state index is 13.2. The molecule has 1 heterocycles. The maximum absolute atomic E-state index is 13.2. The second kappa shape index (κ2) is 7.54. The number of nitrogens with one attached hydrogen (secondary N) is 1. The highest BCUT2D eigenvalue weighted by Crippen LogP contribution is 2.22. The molecule has 0 aliphatic heterocycles. The summed E-state index contributed by atoms with van der Waals surface area (Å²) in [7, 11) is 0. The molecular formula is C12H14BrFN8O. The number of benzene rings is 1. The van der Waals surface area contributed by atoms with E-state index in [0.717, 1.165) is 0 Å². The Balaban J connectivity index is 2.11. The molecule has 0 saturated carbocycles. The first-order valence-corrected chi connectivity index (χ1v) is 7.18. The van der Waals surface area contributed by atoms with Crippen LogP contribution in [0.4, 0.5) is 15.9 Å². The Morgan fingerprint density at radius 1 is 1.30 bits per heavy atom. The molecule has 0 fully saturated rings. The van der Waals surface area contributed by atoms with Crippen LogP contribution in [0.2, 0.25) is 0 Å². The van der Waals surface area contributed by atoms with Crippen LogP contribution in [0.5, 0.6) is 0 Å². The van der Waals surface area contributed by atoms with Gasteiger partial charge in [-0.2, -0.15) is 0 Å². The molecule has 122 valence electrons. The molecule has 0 aliphatic carbocycles. The van der Waals surface area contributed by atoms with Crippen molar-refractivity contribution < 1.29 is 9.02 Å². The number of nitrogens with two attached hydrogens (primary N) is 3. The molecule has 1 aromatic heterocycles. The quantitative estimate of drug-likeness (QED) is 0.324. The fraction of sp³-hybridized carbons (Fsp3) is 0.167. The number of nitrogens with zero attached hydrogens (tertiary/aromatic N) is 4. The lowest BCUT2D eigenvalue weighted by atomic mass is 10.3. The number of hydrogen-bond acceptors (Lipinski definition) is 6. The largest absolute Gasteiger partial charge is 0.382 e. The fourth-order valence-electron chi connectivity index (χ4n) is 1.58. The van der Waals surface area contributed by atoms with Gasteiger partial charge in [0.2, 0.25) is 5.82 Å². The molecule has 0 saturated heterocycles. The van der Waals surface area contributed by atoms with Gasteiger partial charge < -0.3 is 22.5 Å². The van der Waals surface area contributed by atoms with Gasteiger partial charge in [-0.15, -0.1) is 0 Å². The van der Waals surface area contributed by atoms with Gasteiger partial charge in [-0.3, -0.25) is 4.99 Å². The van der Waals surface area contributed by atoms with Crippen LogP contribution in [0.25, 0.3) is 0 Å². The molecule has 7 N–H and O–H groups in total. The van der Waals surface area contributed by atoms with Gasteiger partial charge in [-0.25, -0.2) is 14.0 Å². The molecule has 0 unspecified atom stereocenters. The molecule has 0 aliphatic rings. The van der Waals surface area contributed by atoms with Crippen LogP contribution in [0.1, 0.15) is 5.69 Å². The third-order valence-corrected chi connectivity index (χ3v) is 3.19. The van der Waals surface area contributed by atoms with Crippen LogP contribution in [0, 0.1) is 5.82 Å². The number of guanidine groups is 1. The zero-order chi connectivity index (χ0) is 16.8. The lowest BCUT2D eigenvalue weighted by Gasteiger charge is -2.02. The molecular weight excluding hydrogens is 371 g/mol. The van der Waals surface area contributed by atoms with E-state index in [2.05, 4.69) is 46.2 Å². The third kappa shape index (κ3) is 4.64. The summed E-state index contributed by atoms with van der Waals surface area (Å²) < 4.78 is 18.1. The van der Waals surface area contributed by atoms with E-state index in [-0.39, 0.29) is 22.0 Å². The number of rotatable bonds is 6. The molecule has 0 spiro atoms. The number of anilines is 1. The molecule has 9 nitrogen and oxygen atoms in total. The monoisotopic (exact) mass is 384 g/mol. The van der Waals surface area contributed by atoms with Gasteiger partial charge in [0.15, 0.2) is 17.5 Å². The maximum Gasteiger partial charge on any atom is 0.202 e. The summed E-state index contributed by atoms with van der Waals surface area (Å²) in [5.41, 5.74) is 17.0. The first kappa shape index (κ1) is 16.7. The second-order valence-electron chi connectivity index (χ2n) is 4.29. The van der Waals surface area contributed by atoms with Crippen molar-refractivity contribution >= 4 is 39.2 Å². The Morgan fingerprint density at radius 2 is 2.09 bits per heavy atom. The van der Waals surface area contributed by atoms with Crippen LogP contribution >= 0.6 is 15.9 Å². The summed E-state index contributed by atoms with van der Waals surface area (Å²) in [6, 6.07) is 4.24. The summed E-state index contributed by atoms with van der Waals surface area (Å²) in [5, 5.41) is 10.3. The zero-order valence-electron chi connectivity index (χ0n) is 11.8. The number of amidine groups is 1. The minimum absolute atomic E-state index is 0.00624. The van der Waals surface area contributed by atoms with E-state index >= 15 is 0 Å². The van der Waals surface area contributed by atoms with E-state index in [0.29, 0.717) is 24.6 Å². The van der Waals surface area contributed by atoms with Crippen molar-refractivity contribution in [1.82, 2.24) is 10.3 Å². The summed E-state index contributed by atoms with van der Waals surface area (Å²) in [6.45, 7) is 0.741. The smallest absolute Gasteiger partial charge is 0.202 e. The Bertz CT molecular complexity index is 740. The summed E-state index contributed by atoms with van der Waals surface area (Å²) in [5.74, 6) is -0.0340. The van der Waals surface area contributed by atoms with E-state index in [1.165, 1.54) is 18.2 Å². The SMILES string of the molecule is NC(N)=NCCNc1nonc1C(N)=Nc1ccc(F)c(Br)c1.